The van der Waals surface area contributed by atoms with Gasteiger partial charge in [-0.15, -0.1) is 0 Å². The van der Waals surface area contributed by atoms with Crippen molar-refractivity contribution in [3.8, 4) is 23.0 Å². The molecule has 3 aliphatic rings. The number of benzene rings is 2. The molecule has 2 aromatic rings. The number of ether oxygens (including phenoxy) is 5. The van der Waals surface area contributed by atoms with Crippen LogP contribution in [-0.2, 0) is 14.3 Å². The minimum Gasteiger partial charge on any atom is -0.507 e. The summed E-state index contributed by atoms with van der Waals surface area (Å²) < 4.78 is 27.9. The van der Waals surface area contributed by atoms with Gasteiger partial charge >= 0.3 is 0 Å². The van der Waals surface area contributed by atoms with Crippen molar-refractivity contribution < 1.29 is 38.4 Å². The third-order valence-corrected chi connectivity index (χ3v) is 6.52. The summed E-state index contributed by atoms with van der Waals surface area (Å²) in [6.45, 7) is 1.65. The zero-order valence-corrected chi connectivity index (χ0v) is 19.6. The number of aliphatic hydroxyl groups excluding tert-OH is 1. The highest BCUT2D eigenvalue weighted by Gasteiger charge is 2.48. The third-order valence-electron chi connectivity index (χ3n) is 6.52. The van der Waals surface area contributed by atoms with Crippen molar-refractivity contribution in [2.24, 2.45) is 0 Å². The van der Waals surface area contributed by atoms with Crippen LogP contribution >= 0.6 is 0 Å². The van der Waals surface area contributed by atoms with E-state index in [0.717, 1.165) is 12.8 Å². The molecular weight excluding hydrogens is 454 g/mol. The first kappa shape index (κ1) is 23.0. The van der Waals surface area contributed by atoms with Gasteiger partial charge in [-0.2, -0.15) is 0 Å². The maximum atomic E-state index is 13.3. The second-order valence-corrected chi connectivity index (χ2v) is 8.55. The Balaban J connectivity index is 1.64. The monoisotopic (exact) mass is 481 g/mol. The van der Waals surface area contributed by atoms with Crippen LogP contribution in [-0.4, -0.2) is 68.4 Å². The molecule has 2 fully saturated rings. The lowest BCUT2D eigenvalue weighted by atomic mass is 9.94. The first-order valence-corrected chi connectivity index (χ1v) is 11.5. The van der Waals surface area contributed by atoms with Gasteiger partial charge in [-0.3, -0.25) is 9.59 Å². The SMILES string of the molecule is COc1ccc(C2/C(=C(\O)c3ccc4c(c3)OCCO4)C(=O)C(=O)N2CC2CCCO2)c(OC)c1. The Morgan fingerprint density at radius 2 is 1.83 bits per heavy atom. The lowest BCUT2D eigenvalue weighted by molar-refractivity contribution is -0.140. The molecule has 9 nitrogen and oxygen atoms in total. The van der Waals surface area contributed by atoms with E-state index in [-0.39, 0.29) is 24.0 Å². The molecule has 0 aliphatic carbocycles. The summed E-state index contributed by atoms with van der Waals surface area (Å²) in [4.78, 5) is 28.0. The number of likely N-dealkylation sites (tertiary alicyclic amines) is 1. The van der Waals surface area contributed by atoms with Gasteiger partial charge in [-0.05, 0) is 43.2 Å². The molecular formula is C26H27NO8. The smallest absolute Gasteiger partial charge is 0.295 e. The maximum absolute atomic E-state index is 13.3. The van der Waals surface area contributed by atoms with Crippen LogP contribution in [0.25, 0.3) is 5.76 Å². The highest BCUT2D eigenvalue weighted by atomic mass is 16.6. The van der Waals surface area contributed by atoms with Crippen LogP contribution in [0.1, 0.15) is 30.0 Å². The van der Waals surface area contributed by atoms with Gasteiger partial charge in [0.2, 0.25) is 0 Å². The van der Waals surface area contributed by atoms with Crippen molar-refractivity contribution in [3.05, 3.63) is 53.1 Å². The van der Waals surface area contributed by atoms with Crippen molar-refractivity contribution >= 4 is 17.4 Å². The molecule has 2 saturated heterocycles. The highest BCUT2D eigenvalue weighted by molar-refractivity contribution is 6.46. The number of rotatable bonds is 6. The summed E-state index contributed by atoms with van der Waals surface area (Å²) in [6.07, 6.45) is 1.49. The maximum Gasteiger partial charge on any atom is 0.295 e. The number of hydrogen-bond acceptors (Lipinski definition) is 8. The molecule has 35 heavy (non-hydrogen) atoms. The zero-order chi connectivity index (χ0) is 24.5. The molecule has 184 valence electrons. The molecule has 3 aliphatic heterocycles. The van der Waals surface area contributed by atoms with E-state index in [1.165, 1.54) is 12.0 Å². The van der Waals surface area contributed by atoms with E-state index in [9.17, 15) is 14.7 Å². The molecule has 5 rings (SSSR count). The van der Waals surface area contributed by atoms with E-state index in [1.807, 2.05) is 0 Å². The predicted octanol–water partition coefficient (Wildman–Crippen LogP) is 3.08. The predicted molar refractivity (Wildman–Crippen MR) is 125 cm³/mol. The van der Waals surface area contributed by atoms with Gasteiger partial charge in [0.1, 0.15) is 30.5 Å². The Morgan fingerprint density at radius 3 is 2.54 bits per heavy atom. The largest absolute Gasteiger partial charge is 0.507 e. The number of ketones is 1. The van der Waals surface area contributed by atoms with Gasteiger partial charge in [0.05, 0.1) is 31.9 Å². The van der Waals surface area contributed by atoms with Gasteiger partial charge < -0.3 is 33.7 Å². The van der Waals surface area contributed by atoms with E-state index in [0.29, 0.717) is 53.9 Å². The van der Waals surface area contributed by atoms with Gasteiger partial charge in [-0.1, -0.05) is 0 Å². The molecule has 0 aromatic heterocycles. The van der Waals surface area contributed by atoms with E-state index in [4.69, 9.17) is 23.7 Å². The average molecular weight is 482 g/mol. The minimum atomic E-state index is -0.867. The van der Waals surface area contributed by atoms with Crippen molar-refractivity contribution in [1.29, 1.82) is 0 Å². The summed E-state index contributed by atoms with van der Waals surface area (Å²) >= 11 is 0. The van der Waals surface area contributed by atoms with Crippen molar-refractivity contribution in [3.63, 3.8) is 0 Å². The van der Waals surface area contributed by atoms with Crippen molar-refractivity contribution in [2.75, 3.05) is 40.6 Å². The summed E-state index contributed by atoms with van der Waals surface area (Å²) in [5, 5.41) is 11.4. The molecule has 3 heterocycles. The lowest BCUT2D eigenvalue weighted by Crippen LogP contribution is -2.36. The van der Waals surface area contributed by atoms with Gasteiger partial charge in [-0.25, -0.2) is 0 Å². The van der Waals surface area contributed by atoms with Crippen LogP contribution in [0.4, 0.5) is 0 Å². The molecule has 0 radical (unpaired) electrons. The second kappa shape index (κ2) is 9.50. The molecule has 2 aromatic carbocycles. The molecule has 0 spiro atoms. The Hall–Kier alpha value is -3.72. The first-order valence-electron chi connectivity index (χ1n) is 11.5. The quantitative estimate of drug-likeness (QED) is 0.382. The van der Waals surface area contributed by atoms with Gasteiger partial charge in [0.15, 0.2) is 11.5 Å². The van der Waals surface area contributed by atoms with E-state index >= 15 is 0 Å². The van der Waals surface area contributed by atoms with Gasteiger partial charge in [0.25, 0.3) is 11.7 Å². The molecule has 0 bridgehead atoms. The van der Waals surface area contributed by atoms with Crippen LogP contribution < -0.4 is 18.9 Å². The normalized spacial score (nSPS) is 23.0. The fourth-order valence-corrected chi connectivity index (χ4v) is 4.79. The van der Waals surface area contributed by atoms with Gasteiger partial charge in [0, 0.05) is 30.3 Å². The number of fused-ring (bicyclic) bond motifs is 1. The van der Waals surface area contributed by atoms with Crippen LogP contribution in [0.3, 0.4) is 0 Å². The Bertz CT molecular complexity index is 1180. The third kappa shape index (κ3) is 4.16. The number of carbonyl (C=O) groups excluding carboxylic acids is 2. The average Bonchev–Trinajstić information content (AvgIpc) is 3.50. The Morgan fingerprint density at radius 1 is 1.03 bits per heavy atom. The summed E-state index contributed by atoms with van der Waals surface area (Å²) in [7, 11) is 3.05. The molecule has 1 amide bonds. The molecule has 0 saturated carbocycles. The summed E-state index contributed by atoms with van der Waals surface area (Å²) in [5.74, 6) is 0.265. The molecule has 1 N–H and O–H groups in total. The number of carbonyl (C=O) groups is 2. The lowest BCUT2D eigenvalue weighted by Gasteiger charge is -2.28. The Labute approximate surface area is 202 Å². The summed E-state index contributed by atoms with van der Waals surface area (Å²) in [6, 6.07) is 9.22. The topological polar surface area (TPSA) is 104 Å². The van der Waals surface area contributed by atoms with Crippen LogP contribution in [0.15, 0.2) is 42.0 Å². The van der Waals surface area contributed by atoms with E-state index in [2.05, 4.69) is 0 Å². The number of nitrogens with zero attached hydrogens (tertiary/aromatic N) is 1. The standard InChI is InChI=1S/C26H27NO8/c1-31-16-6-7-18(20(13-16)32-2)23-22(25(29)26(30)27(23)14-17-4-3-9-33-17)24(28)15-5-8-19-21(12-15)35-11-10-34-19/h5-8,12-13,17,23,28H,3-4,9-11,14H2,1-2H3/b24-22+. The second-order valence-electron chi connectivity index (χ2n) is 8.55. The number of amides is 1. The fraction of sp³-hybridized carbons (Fsp3) is 0.385. The summed E-state index contributed by atoms with van der Waals surface area (Å²) in [5.41, 5.74) is 0.888. The number of methoxy groups -OCH3 is 2. The number of aliphatic hydroxyl groups is 1. The number of Topliss-reactive ketones (excluding diaryl/α,β-unsaturated/α-hetero) is 1. The van der Waals surface area contributed by atoms with Crippen LogP contribution in [0, 0.1) is 0 Å². The molecule has 9 heteroatoms. The fourth-order valence-electron chi connectivity index (χ4n) is 4.79. The first-order chi connectivity index (χ1) is 17.0. The minimum absolute atomic E-state index is 0.0202. The zero-order valence-electron chi connectivity index (χ0n) is 19.6. The Kier molecular flexibility index (Phi) is 6.25. The van der Waals surface area contributed by atoms with E-state index in [1.54, 1.807) is 43.5 Å². The molecule has 2 atom stereocenters. The van der Waals surface area contributed by atoms with E-state index < -0.39 is 17.7 Å². The van der Waals surface area contributed by atoms with Crippen molar-refractivity contribution in [2.45, 2.75) is 25.0 Å². The van der Waals surface area contributed by atoms with Crippen LogP contribution in [0.2, 0.25) is 0 Å². The molecule has 2 unspecified atom stereocenters. The van der Waals surface area contributed by atoms with Crippen LogP contribution in [0.5, 0.6) is 23.0 Å². The van der Waals surface area contributed by atoms with Crippen molar-refractivity contribution in [1.82, 2.24) is 4.90 Å². The number of hydrogen-bond donors (Lipinski definition) is 1. The highest BCUT2D eigenvalue weighted by Crippen LogP contribution is 2.45.